The van der Waals surface area contributed by atoms with Gasteiger partial charge in [0.1, 0.15) is 11.5 Å². The van der Waals surface area contributed by atoms with E-state index in [1.165, 1.54) is 0 Å². The highest BCUT2D eigenvalue weighted by Gasteiger charge is 2.13. The summed E-state index contributed by atoms with van der Waals surface area (Å²) < 4.78 is 5.66. The van der Waals surface area contributed by atoms with Crippen LogP contribution in [0.4, 0.5) is 0 Å². The molecule has 2 aromatic heterocycles. The second kappa shape index (κ2) is 8.30. The van der Waals surface area contributed by atoms with E-state index in [1.54, 1.807) is 17.4 Å². The fourth-order valence-electron chi connectivity index (χ4n) is 2.32. The van der Waals surface area contributed by atoms with E-state index >= 15 is 0 Å². The van der Waals surface area contributed by atoms with E-state index in [0.717, 1.165) is 16.2 Å². The van der Waals surface area contributed by atoms with Gasteiger partial charge >= 0.3 is 11.8 Å². The first kappa shape index (κ1) is 17.0. The Bertz CT molecular complexity index is 825. The summed E-state index contributed by atoms with van der Waals surface area (Å²) in [6.45, 7) is 0.593. The molecule has 0 bridgehead atoms. The molecule has 0 saturated heterocycles. The van der Waals surface area contributed by atoms with Crippen LogP contribution in [0.5, 0.6) is 0 Å². The second-order valence-electron chi connectivity index (χ2n) is 5.42. The summed E-state index contributed by atoms with van der Waals surface area (Å²) in [5, 5.41) is 7.15. The number of amides is 2. The van der Waals surface area contributed by atoms with Crippen molar-refractivity contribution in [1.82, 2.24) is 10.6 Å². The molecular formula is C19H18N2O3S. The molecule has 0 aliphatic heterocycles. The lowest BCUT2D eigenvalue weighted by Crippen LogP contribution is -2.40. The lowest BCUT2D eigenvalue weighted by atomic mass is 10.1. The van der Waals surface area contributed by atoms with Gasteiger partial charge in [-0.05, 0) is 35.6 Å². The third-order valence-corrected chi connectivity index (χ3v) is 4.48. The molecule has 2 N–H and O–H groups in total. The highest BCUT2D eigenvalue weighted by atomic mass is 32.1. The first-order chi connectivity index (χ1) is 12.2. The smallest absolute Gasteiger partial charge is 0.309 e. The Hall–Kier alpha value is -2.86. The minimum Gasteiger partial charge on any atom is -0.458 e. The maximum atomic E-state index is 11.8. The summed E-state index contributed by atoms with van der Waals surface area (Å²) in [4.78, 5) is 24.7. The van der Waals surface area contributed by atoms with Crippen molar-refractivity contribution in [3.63, 3.8) is 0 Å². The van der Waals surface area contributed by atoms with Gasteiger partial charge in [-0.2, -0.15) is 0 Å². The topological polar surface area (TPSA) is 71.3 Å². The van der Waals surface area contributed by atoms with E-state index in [4.69, 9.17) is 4.42 Å². The predicted octanol–water partition coefficient (Wildman–Crippen LogP) is 2.98. The number of rotatable bonds is 6. The van der Waals surface area contributed by atoms with E-state index in [1.807, 2.05) is 53.9 Å². The lowest BCUT2D eigenvalue weighted by molar-refractivity contribution is -0.139. The van der Waals surface area contributed by atoms with Crippen LogP contribution in [0, 0.1) is 0 Å². The van der Waals surface area contributed by atoms with Crippen molar-refractivity contribution >= 4 is 23.2 Å². The van der Waals surface area contributed by atoms with Crippen molar-refractivity contribution in [3.8, 4) is 10.6 Å². The van der Waals surface area contributed by atoms with Gasteiger partial charge in [0.15, 0.2) is 0 Å². The number of carbonyl (C=O) groups is 2. The average Bonchev–Trinajstić information content (AvgIpc) is 3.32. The molecule has 0 saturated carbocycles. The molecule has 2 heterocycles. The second-order valence-corrected chi connectivity index (χ2v) is 6.37. The highest BCUT2D eigenvalue weighted by molar-refractivity contribution is 7.13. The van der Waals surface area contributed by atoms with Crippen LogP contribution in [-0.4, -0.2) is 18.4 Å². The maximum Gasteiger partial charge on any atom is 0.309 e. The summed E-state index contributed by atoms with van der Waals surface area (Å²) in [6, 6.07) is 17.3. The van der Waals surface area contributed by atoms with Crippen LogP contribution in [0.3, 0.4) is 0 Å². The van der Waals surface area contributed by atoms with Crippen molar-refractivity contribution < 1.29 is 14.0 Å². The number of thiophene rings is 1. The van der Waals surface area contributed by atoms with Crippen LogP contribution in [0.1, 0.15) is 11.3 Å². The lowest BCUT2D eigenvalue weighted by Gasteiger charge is -2.05. The zero-order valence-corrected chi connectivity index (χ0v) is 14.3. The zero-order chi connectivity index (χ0) is 17.5. The number of carbonyl (C=O) groups excluding carboxylic acids is 2. The van der Waals surface area contributed by atoms with Gasteiger partial charge in [-0.3, -0.25) is 9.59 Å². The van der Waals surface area contributed by atoms with Crippen LogP contribution in [-0.2, 0) is 22.6 Å². The Morgan fingerprint density at radius 3 is 2.48 bits per heavy atom. The zero-order valence-electron chi connectivity index (χ0n) is 13.5. The van der Waals surface area contributed by atoms with Crippen LogP contribution in [0.15, 0.2) is 64.4 Å². The average molecular weight is 354 g/mol. The standard InChI is InChI=1S/C19H18N2O3S/c22-18(20-11-10-14-5-2-1-3-6-14)19(23)21-13-15-8-9-16(24-15)17-7-4-12-25-17/h1-9,12H,10-11,13H2,(H,20,22)(H,21,23). The van der Waals surface area contributed by atoms with Gasteiger partial charge in [-0.25, -0.2) is 0 Å². The van der Waals surface area contributed by atoms with Crippen molar-refractivity contribution in [2.45, 2.75) is 13.0 Å². The number of furan rings is 1. The molecular weight excluding hydrogens is 336 g/mol. The molecule has 0 aliphatic rings. The molecule has 0 unspecified atom stereocenters. The van der Waals surface area contributed by atoms with Gasteiger partial charge in [0.25, 0.3) is 0 Å². The molecule has 3 aromatic rings. The van der Waals surface area contributed by atoms with Gasteiger partial charge in [0.2, 0.25) is 0 Å². The van der Waals surface area contributed by atoms with E-state index < -0.39 is 11.8 Å². The first-order valence-electron chi connectivity index (χ1n) is 7.95. The Morgan fingerprint density at radius 1 is 0.920 bits per heavy atom. The predicted molar refractivity (Wildman–Crippen MR) is 97.0 cm³/mol. The normalized spacial score (nSPS) is 10.4. The van der Waals surface area contributed by atoms with Crippen molar-refractivity contribution in [3.05, 3.63) is 71.3 Å². The SMILES string of the molecule is O=C(NCCc1ccccc1)C(=O)NCc1ccc(-c2cccs2)o1. The molecule has 0 fully saturated rings. The molecule has 25 heavy (non-hydrogen) atoms. The molecule has 128 valence electrons. The molecule has 0 spiro atoms. The highest BCUT2D eigenvalue weighted by Crippen LogP contribution is 2.26. The molecule has 5 nitrogen and oxygen atoms in total. The fraction of sp³-hybridized carbons (Fsp3) is 0.158. The largest absolute Gasteiger partial charge is 0.458 e. The van der Waals surface area contributed by atoms with Crippen molar-refractivity contribution in [1.29, 1.82) is 0 Å². The van der Waals surface area contributed by atoms with E-state index in [0.29, 0.717) is 18.7 Å². The number of nitrogens with one attached hydrogen (secondary N) is 2. The van der Waals surface area contributed by atoms with Crippen LogP contribution in [0.2, 0.25) is 0 Å². The van der Waals surface area contributed by atoms with Gasteiger partial charge in [-0.15, -0.1) is 11.3 Å². The summed E-state index contributed by atoms with van der Waals surface area (Å²) in [6.07, 6.45) is 0.683. The number of hydrogen-bond donors (Lipinski definition) is 2. The molecule has 0 atom stereocenters. The Kier molecular flexibility index (Phi) is 5.64. The van der Waals surface area contributed by atoms with Crippen LogP contribution in [0.25, 0.3) is 10.6 Å². The van der Waals surface area contributed by atoms with Gasteiger partial charge in [0.05, 0.1) is 11.4 Å². The summed E-state index contributed by atoms with van der Waals surface area (Å²) in [7, 11) is 0. The minimum atomic E-state index is -0.665. The maximum absolute atomic E-state index is 11.8. The Labute approximate surface area is 149 Å². The fourth-order valence-corrected chi connectivity index (χ4v) is 3.00. The van der Waals surface area contributed by atoms with E-state index in [9.17, 15) is 9.59 Å². The molecule has 2 amide bonds. The van der Waals surface area contributed by atoms with E-state index in [2.05, 4.69) is 10.6 Å². The Balaban J connectivity index is 1.42. The number of benzene rings is 1. The van der Waals surface area contributed by atoms with Gasteiger partial charge in [0, 0.05) is 6.54 Å². The van der Waals surface area contributed by atoms with Crippen LogP contribution >= 0.6 is 11.3 Å². The quantitative estimate of drug-likeness (QED) is 0.669. The number of hydrogen-bond acceptors (Lipinski definition) is 4. The van der Waals surface area contributed by atoms with Crippen molar-refractivity contribution in [2.24, 2.45) is 0 Å². The Morgan fingerprint density at radius 2 is 1.72 bits per heavy atom. The van der Waals surface area contributed by atoms with Gasteiger partial charge in [-0.1, -0.05) is 36.4 Å². The van der Waals surface area contributed by atoms with Crippen molar-refractivity contribution in [2.75, 3.05) is 6.54 Å². The van der Waals surface area contributed by atoms with E-state index in [-0.39, 0.29) is 6.54 Å². The first-order valence-corrected chi connectivity index (χ1v) is 8.83. The molecule has 3 rings (SSSR count). The summed E-state index contributed by atoms with van der Waals surface area (Å²) in [5.41, 5.74) is 1.11. The third kappa shape index (κ3) is 4.81. The molecule has 0 aliphatic carbocycles. The van der Waals surface area contributed by atoms with Gasteiger partial charge < -0.3 is 15.1 Å². The van der Waals surface area contributed by atoms with Crippen LogP contribution < -0.4 is 10.6 Å². The molecule has 1 aromatic carbocycles. The summed E-state index contributed by atoms with van der Waals surface area (Å²) >= 11 is 1.58. The monoisotopic (exact) mass is 354 g/mol. The minimum absolute atomic E-state index is 0.177. The third-order valence-electron chi connectivity index (χ3n) is 3.60. The molecule has 6 heteroatoms. The molecule has 0 radical (unpaired) electrons. The summed E-state index contributed by atoms with van der Waals surface area (Å²) in [5.74, 6) is 0.0588.